The fourth-order valence-corrected chi connectivity index (χ4v) is 2.47. The van der Waals surface area contributed by atoms with Crippen LogP contribution in [-0.2, 0) is 0 Å². The fraction of sp³-hybridized carbons (Fsp3) is 0.312. The van der Waals surface area contributed by atoms with Crippen molar-refractivity contribution in [2.45, 2.75) is 25.9 Å². The van der Waals surface area contributed by atoms with Crippen LogP contribution in [0.4, 0.5) is 0 Å². The van der Waals surface area contributed by atoms with Crippen molar-refractivity contribution in [2.24, 2.45) is 5.73 Å². The van der Waals surface area contributed by atoms with Crippen molar-refractivity contribution < 1.29 is 4.74 Å². The monoisotopic (exact) mass is 306 g/mol. The smallest absolute Gasteiger partial charge is 0.255 e. The van der Waals surface area contributed by atoms with Gasteiger partial charge < -0.3 is 15.0 Å². The van der Waals surface area contributed by atoms with E-state index in [1.54, 1.807) is 42.1 Å². The molecule has 0 bridgehead atoms. The van der Waals surface area contributed by atoms with Crippen molar-refractivity contribution in [3.8, 4) is 5.75 Å². The summed E-state index contributed by atoms with van der Waals surface area (Å²) in [7, 11) is 1.57. The molecule has 2 N–H and O–H groups in total. The molecule has 0 amide bonds. The third-order valence-electron chi connectivity index (χ3n) is 3.42. The molecule has 0 spiro atoms. The zero-order valence-corrected chi connectivity index (χ0v) is 13.1. The molecule has 0 fully saturated rings. The first-order chi connectivity index (χ1) is 9.95. The van der Waals surface area contributed by atoms with Gasteiger partial charge in [-0.05, 0) is 38.1 Å². The molecule has 0 saturated carbocycles. The van der Waals surface area contributed by atoms with Gasteiger partial charge >= 0.3 is 0 Å². The molecule has 112 valence electrons. The third-order valence-corrected chi connectivity index (χ3v) is 3.66. The highest BCUT2D eigenvalue weighted by Crippen LogP contribution is 2.29. The van der Waals surface area contributed by atoms with E-state index in [2.05, 4.69) is 0 Å². The van der Waals surface area contributed by atoms with Crippen LogP contribution in [0, 0.1) is 0 Å². The number of nitrogens with two attached hydrogens (primary N) is 1. The summed E-state index contributed by atoms with van der Waals surface area (Å²) < 4.78 is 6.97. The summed E-state index contributed by atoms with van der Waals surface area (Å²) in [4.78, 5) is 12.5. The normalized spacial score (nSPS) is 12.5. The minimum absolute atomic E-state index is 0.0749. The minimum atomic E-state index is -0.586. The first kappa shape index (κ1) is 15.6. The highest BCUT2D eigenvalue weighted by Gasteiger charge is 2.18. The Kier molecular flexibility index (Phi) is 4.70. The van der Waals surface area contributed by atoms with Gasteiger partial charge in [0.25, 0.3) is 5.56 Å². The Balaban J connectivity index is 2.55. The minimum Gasteiger partial charge on any atom is -0.496 e. The Morgan fingerprint density at radius 2 is 1.95 bits per heavy atom. The first-order valence-corrected chi connectivity index (χ1v) is 7.13. The van der Waals surface area contributed by atoms with Gasteiger partial charge in [-0.3, -0.25) is 4.79 Å². The number of ether oxygens (including phenoxy) is 1. The van der Waals surface area contributed by atoms with E-state index < -0.39 is 6.04 Å². The van der Waals surface area contributed by atoms with Gasteiger partial charge in [-0.25, -0.2) is 0 Å². The van der Waals surface area contributed by atoms with Crippen LogP contribution in [0.5, 0.6) is 5.75 Å². The molecule has 0 saturated heterocycles. The zero-order valence-electron chi connectivity index (χ0n) is 12.3. The molecule has 2 aromatic rings. The standard InChI is InChI=1S/C16H19ClN2O2/c1-10(2)19-8-4-5-12(16(19)20)15(18)13-9-11(17)6-7-14(13)21-3/h4-10,15H,18H2,1-3H3. The fourth-order valence-electron chi connectivity index (χ4n) is 2.29. The van der Waals surface area contributed by atoms with Gasteiger partial charge in [0, 0.05) is 28.4 Å². The predicted molar refractivity (Wildman–Crippen MR) is 85.1 cm³/mol. The van der Waals surface area contributed by atoms with Crippen molar-refractivity contribution in [3.63, 3.8) is 0 Å². The lowest BCUT2D eigenvalue weighted by atomic mass is 9.99. The maximum absolute atomic E-state index is 12.5. The molecule has 2 rings (SSSR count). The van der Waals surface area contributed by atoms with Crippen LogP contribution in [0.1, 0.15) is 37.1 Å². The molecule has 1 aromatic carbocycles. The van der Waals surface area contributed by atoms with Gasteiger partial charge in [-0.15, -0.1) is 0 Å². The van der Waals surface area contributed by atoms with Gasteiger partial charge in [0.2, 0.25) is 0 Å². The largest absolute Gasteiger partial charge is 0.496 e. The topological polar surface area (TPSA) is 57.2 Å². The number of methoxy groups -OCH3 is 1. The van der Waals surface area contributed by atoms with E-state index in [0.717, 1.165) is 0 Å². The van der Waals surface area contributed by atoms with E-state index in [-0.39, 0.29) is 11.6 Å². The molecule has 1 atom stereocenters. The summed E-state index contributed by atoms with van der Waals surface area (Å²) in [6.07, 6.45) is 1.76. The van der Waals surface area contributed by atoms with E-state index in [0.29, 0.717) is 21.9 Å². The molecule has 0 aliphatic heterocycles. The van der Waals surface area contributed by atoms with Gasteiger partial charge in [-0.2, -0.15) is 0 Å². The zero-order chi connectivity index (χ0) is 15.6. The second-order valence-corrected chi connectivity index (χ2v) is 5.57. The summed E-state index contributed by atoms with van der Waals surface area (Å²) in [5.41, 5.74) is 7.40. The Labute approximate surface area is 129 Å². The van der Waals surface area contributed by atoms with Crippen molar-refractivity contribution in [3.05, 3.63) is 63.0 Å². The number of aromatic nitrogens is 1. The number of hydrogen-bond acceptors (Lipinski definition) is 3. The van der Waals surface area contributed by atoms with E-state index in [1.807, 2.05) is 19.9 Å². The number of halogens is 1. The highest BCUT2D eigenvalue weighted by molar-refractivity contribution is 6.30. The summed E-state index contributed by atoms with van der Waals surface area (Å²) >= 11 is 6.03. The lowest BCUT2D eigenvalue weighted by Crippen LogP contribution is -2.29. The SMILES string of the molecule is COc1ccc(Cl)cc1C(N)c1cccn(C(C)C)c1=O. The Morgan fingerprint density at radius 1 is 1.24 bits per heavy atom. The van der Waals surface area contributed by atoms with E-state index >= 15 is 0 Å². The summed E-state index contributed by atoms with van der Waals surface area (Å²) in [6.45, 7) is 3.91. The average molecular weight is 307 g/mol. The second kappa shape index (κ2) is 6.33. The number of rotatable bonds is 4. The van der Waals surface area contributed by atoms with Crippen molar-refractivity contribution in [1.29, 1.82) is 0 Å². The molecule has 0 aliphatic carbocycles. The number of hydrogen-bond donors (Lipinski definition) is 1. The predicted octanol–water partition coefficient (Wildman–Crippen LogP) is 3.14. The maximum atomic E-state index is 12.5. The van der Waals surface area contributed by atoms with Gasteiger partial charge in [0.1, 0.15) is 5.75 Å². The number of benzene rings is 1. The summed E-state index contributed by atoms with van der Waals surface area (Å²) in [5.74, 6) is 0.617. The van der Waals surface area contributed by atoms with Crippen molar-refractivity contribution in [2.75, 3.05) is 7.11 Å². The van der Waals surface area contributed by atoms with Crippen LogP contribution in [0.2, 0.25) is 5.02 Å². The van der Waals surface area contributed by atoms with Gasteiger partial charge in [0.15, 0.2) is 0 Å². The second-order valence-electron chi connectivity index (χ2n) is 5.13. The van der Waals surface area contributed by atoms with Crippen molar-refractivity contribution in [1.82, 2.24) is 4.57 Å². The number of nitrogens with zero attached hydrogens (tertiary/aromatic N) is 1. The van der Waals surface area contributed by atoms with Crippen LogP contribution >= 0.6 is 11.6 Å². The third kappa shape index (κ3) is 3.12. The molecule has 1 aromatic heterocycles. The average Bonchev–Trinajstić information content (AvgIpc) is 2.46. The van der Waals surface area contributed by atoms with Gasteiger partial charge in [0.05, 0.1) is 13.2 Å². The molecule has 0 radical (unpaired) electrons. The molecule has 1 unspecified atom stereocenters. The van der Waals surface area contributed by atoms with Crippen LogP contribution in [0.3, 0.4) is 0 Å². The van der Waals surface area contributed by atoms with E-state index in [9.17, 15) is 4.79 Å². The summed E-state index contributed by atoms with van der Waals surface area (Å²) in [5, 5.41) is 0.557. The first-order valence-electron chi connectivity index (χ1n) is 6.75. The van der Waals surface area contributed by atoms with Gasteiger partial charge in [-0.1, -0.05) is 17.7 Å². The Bertz CT molecular complexity index is 695. The molecule has 21 heavy (non-hydrogen) atoms. The molecule has 1 heterocycles. The van der Waals surface area contributed by atoms with Crippen LogP contribution in [-0.4, -0.2) is 11.7 Å². The molecule has 0 aliphatic rings. The number of pyridine rings is 1. The maximum Gasteiger partial charge on any atom is 0.255 e. The van der Waals surface area contributed by atoms with E-state index in [4.69, 9.17) is 22.1 Å². The molecule has 4 nitrogen and oxygen atoms in total. The Hall–Kier alpha value is -1.78. The summed E-state index contributed by atoms with van der Waals surface area (Å²) in [6, 6.07) is 8.27. The van der Waals surface area contributed by atoms with Crippen molar-refractivity contribution >= 4 is 11.6 Å². The molecular formula is C16H19ClN2O2. The molecule has 5 heteroatoms. The molecular weight excluding hydrogens is 288 g/mol. The van der Waals surface area contributed by atoms with Crippen LogP contribution < -0.4 is 16.0 Å². The lowest BCUT2D eigenvalue weighted by Gasteiger charge is -2.18. The Morgan fingerprint density at radius 3 is 2.57 bits per heavy atom. The van der Waals surface area contributed by atoms with Crippen LogP contribution in [0.15, 0.2) is 41.3 Å². The quantitative estimate of drug-likeness (QED) is 0.944. The van der Waals surface area contributed by atoms with Crippen LogP contribution in [0.25, 0.3) is 0 Å². The highest BCUT2D eigenvalue weighted by atomic mass is 35.5. The lowest BCUT2D eigenvalue weighted by molar-refractivity contribution is 0.407. The van der Waals surface area contributed by atoms with E-state index in [1.165, 1.54) is 0 Å².